The van der Waals surface area contributed by atoms with Gasteiger partial charge in [-0.15, -0.1) is 0 Å². The number of aromatic amines is 1. The highest BCUT2D eigenvalue weighted by atomic mass is 19.1. The second kappa shape index (κ2) is 9.92. The van der Waals surface area contributed by atoms with Gasteiger partial charge in [0.25, 0.3) is 0 Å². The number of aliphatic hydroxyl groups excluding tert-OH is 1. The predicted octanol–water partition coefficient (Wildman–Crippen LogP) is 3.74. The normalized spacial score (nSPS) is 17.0. The topological polar surface area (TPSA) is 72.4 Å². The van der Waals surface area contributed by atoms with Crippen LogP contribution in [0, 0.1) is 11.2 Å². The second-order valence-corrected chi connectivity index (χ2v) is 7.91. The standard InChI is InChI=1S/C22H33FN4O/c1-2-24-21(27-16-22(11-13-28)9-4-3-5-10-22)25-12-8-17-15-26-20-14-18(23)6-7-19(17)20/h6-7,14-15,26,28H,2-5,8-13,16H2,1H3,(H2,24,25,27). The molecule has 0 spiro atoms. The van der Waals surface area contributed by atoms with Crippen molar-refractivity contribution in [1.29, 1.82) is 0 Å². The van der Waals surface area contributed by atoms with E-state index in [1.165, 1.54) is 37.0 Å². The maximum absolute atomic E-state index is 13.3. The summed E-state index contributed by atoms with van der Waals surface area (Å²) in [7, 11) is 0. The summed E-state index contributed by atoms with van der Waals surface area (Å²) in [5, 5.41) is 17.3. The van der Waals surface area contributed by atoms with Crippen molar-refractivity contribution in [1.82, 2.24) is 15.6 Å². The molecule has 5 nitrogen and oxygen atoms in total. The quantitative estimate of drug-likeness (QED) is 0.411. The summed E-state index contributed by atoms with van der Waals surface area (Å²) in [6, 6.07) is 4.86. The molecule has 1 saturated carbocycles. The van der Waals surface area contributed by atoms with Crippen LogP contribution in [0.3, 0.4) is 0 Å². The number of hydrogen-bond acceptors (Lipinski definition) is 2. The highest BCUT2D eigenvalue weighted by molar-refractivity contribution is 5.83. The van der Waals surface area contributed by atoms with E-state index in [1.54, 1.807) is 0 Å². The van der Waals surface area contributed by atoms with Gasteiger partial charge in [0, 0.05) is 43.3 Å². The minimum absolute atomic E-state index is 0.149. The number of halogens is 1. The van der Waals surface area contributed by atoms with E-state index in [0.717, 1.165) is 62.2 Å². The minimum Gasteiger partial charge on any atom is -0.396 e. The fourth-order valence-electron chi connectivity index (χ4n) is 4.30. The molecule has 1 aliphatic carbocycles. The third-order valence-electron chi connectivity index (χ3n) is 5.89. The van der Waals surface area contributed by atoms with Crippen molar-refractivity contribution in [2.75, 3.05) is 26.2 Å². The van der Waals surface area contributed by atoms with E-state index in [0.29, 0.717) is 0 Å². The predicted molar refractivity (Wildman–Crippen MR) is 113 cm³/mol. The van der Waals surface area contributed by atoms with Gasteiger partial charge >= 0.3 is 0 Å². The molecule has 3 rings (SSSR count). The lowest BCUT2D eigenvalue weighted by atomic mass is 9.72. The highest BCUT2D eigenvalue weighted by Gasteiger charge is 2.31. The average molecular weight is 389 g/mol. The Balaban J connectivity index is 1.59. The first-order chi connectivity index (χ1) is 13.7. The smallest absolute Gasteiger partial charge is 0.191 e. The molecule has 28 heavy (non-hydrogen) atoms. The van der Waals surface area contributed by atoms with Crippen molar-refractivity contribution >= 4 is 16.9 Å². The number of aliphatic hydroxyl groups is 1. The van der Waals surface area contributed by atoms with E-state index in [9.17, 15) is 9.50 Å². The van der Waals surface area contributed by atoms with Gasteiger partial charge in [-0.1, -0.05) is 19.3 Å². The summed E-state index contributed by atoms with van der Waals surface area (Å²) in [6.07, 6.45) is 9.70. The number of nitrogens with zero attached hydrogens (tertiary/aromatic N) is 1. The maximum atomic E-state index is 13.3. The van der Waals surface area contributed by atoms with E-state index < -0.39 is 0 Å². The molecule has 0 radical (unpaired) electrons. The fraction of sp³-hybridized carbons (Fsp3) is 0.591. The number of aromatic nitrogens is 1. The largest absolute Gasteiger partial charge is 0.396 e. The van der Waals surface area contributed by atoms with E-state index in [-0.39, 0.29) is 17.8 Å². The molecule has 0 aliphatic heterocycles. The zero-order chi connectivity index (χ0) is 19.8. The molecular weight excluding hydrogens is 355 g/mol. The number of aliphatic imine (C=N–C) groups is 1. The Labute approximate surface area is 166 Å². The number of benzene rings is 1. The van der Waals surface area contributed by atoms with Crippen LogP contribution in [0.4, 0.5) is 4.39 Å². The fourth-order valence-corrected chi connectivity index (χ4v) is 4.30. The Kier molecular flexibility index (Phi) is 7.31. The van der Waals surface area contributed by atoms with Gasteiger partial charge in [-0.2, -0.15) is 0 Å². The van der Waals surface area contributed by atoms with Gasteiger partial charge in [0.05, 0.1) is 0 Å². The molecule has 1 aromatic heterocycles. The van der Waals surface area contributed by atoms with Crippen LogP contribution < -0.4 is 10.6 Å². The van der Waals surface area contributed by atoms with Crippen LogP contribution in [-0.2, 0) is 6.42 Å². The molecule has 6 heteroatoms. The summed E-state index contributed by atoms with van der Waals surface area (Å²) in [5.41, 5.74) is 2.15. The van der Waals surface area contributed by atoms with Crippen molar-refractivity contribution in [3.8, 4) is 0 Å². The van der Waals surface area contributed by atoms with Crippen LogP contribution in [0.1, 0.15) is 51.0 Å². The molecule has 0 amide bonds. The summed E-state index contributed by atoms with van der Waals surface area (Å²) < 4.78 is 13.3. The lowest BCUT2D eigenvalue weighted by Gasteiger charge is -2.35. The van der Waals surface area contributed by atoms with E-state index in [2.05, 4.69) is 22.5 Å². The van der Waals surface area contributed by atoms with Gasteiger partial charge in [-0.25, -0.2) is 4.39 Å². The van der Waals surface area contributed by atoms with Crippen LogP contribution in [0.5, 0.6) is 0 Å². The highest BCUT2D eigenvalue weighted by Crippen LogP contribution is 2.39. The molecule has 0 bridgehead atoms. The maximum Gasteiger partial charge on any atom is 0.191 e. The molecule has 1 aliphatic rings. The molecular formula is C22H33FN4O. The van der Waals surface area contributed by atoms with Crippen LogP contribution in [0.25, 0.3) is 10.9 Å². The molecule has 1 heterocycles. The lowest BCUT2D eigenvalue weighted by molar-refractivity contribution is 0.137. The molecule has 0 saturated heterocycles. The summed E-state index contributed by atoms with van der Waals surface area (Å²) in [5.74, 6) is 0.608. The molecule has 1 fully saturated rings. The van der Waals surface area contributed by atoms with Gasteiger partial charge in [0.15, 0.2) is 5.96 Å². The zero-order valence-corrected chi connectivity index (χ0v) is 16.9. The van der Waals surface area contributed by atoms with Crippen molar-refractivity contribution in [3.05, 3.63) is 35.8 Å². The molecule has 154 valence electrons. The third-order valence-corrected chi connectivity index (χ3v) is 5.89. The SMILES string of the molecule is CCNC(=NCC1(CCO)CCCCC1)NCCc1c[nH]c2cc(F)ccc12. The number of rotatable bonds is 8. The molecule has 4 N–H and O–H groups in total. The molecule has 2 aromatic rings. The van der Waals surface area contributed by atoms with E-state index >= 15 is 0 Å². The Bertz CT molecular complexity index is 774. The van der Waals surface area contributed by atoms with Gasteiger partial charge in [0.1, 0.15) is 5.82 Å². The minimum atomic E-state index is -0.222. The van der Waals surface area contributed by atoms with Crippen molar-refractivity contribution in [3.63, 3.8) is 0 Å². The average Bonchev–Trinajstić information content (AvgIpc) is 3.09. The van der Waals surface area contributed by atoms with Crippen LogP contribution >= 0.6 is 0 Å². The van der Waals surface area contributed by atoms with Gasteiger partial charge in [0.2, 0.25) is 0 Å². The van der Waals surface area contributed by atoms with E-state index in [4.69, 9.17) is 4.99 Å². The first kappa shape index (κ1) is 20.6. The molecule has 1 aromatic carbocycles. The van der Waals surface area contributed by atoms with Crippen molar-refractivity contribution in [2.24, 2.45) is 10.4 Å². The van der Waals surface area contributed by atoms with E-state index in [1.807, 2.05) is 12.3 Å². The lowest BCUT2D eigenvalue weighted by Crippen LogP contribution is -2.40. The first-order valence-corrected chi connectivity index (χ1v) is 10.5. The number of H-pyrrole nitrogens is 1. The Morgan fingerprint density at radius 2 is 2.07 bits per heavy atom. The second-order valence-electron chi connectivity index (χ2n) is 7.91. The third kappa shape index (κ3) is 5.25. The summed E-state index contributed by atoms with van der Waals surface area (Å²) in [4.78, 5) is 7.99. The summed E-state index contributed by atoms with van der Waals surface area (Å²) in [6.45, 7) is 4.62. The number of fused-ring (bicyclic) bond motifs is 1. The Morgan fingerprint density at radius 1 is 1.25 bits per heavy atom. The zero-order valence-electron chi connectivity index (χ0n) is 16.9. The molecule has 0 unspecified atom stereocenters. The van der Waals surface area contributed by atoms with Crippen LogP contribution in [0.2, 0.25) is 0 Å². The van der Waals surface area contributed by atoms with Gasteiger partial charge < -0.3 is 20.7 Å². The van der Waals surface area contributed by atoms with Crippen LogP contribution in [-0.4, -0.2) is 42.3 Å². The monoisotopic (exact) mass is 388 g/mol. The van der Waals surface area contributed by atoms with Crippen LogP contribution in [0.15, 0.2) is 29.4 Å². The van der Waals surface area contributed by atoms with Gasteiger partial charge in [-0.05, 0) is 61.8 Å². The Morgan fingerprint density at radius 3 is 2.82 bits per heavy atom. The number of nitrogens with one attached hydrogen (secondary N) is 3. The first-order valence-electron chi connectivity index (χ1n) is 10.5. The van der Waals surface area contributed by atoms with Crippen molar-refractivity contribution in [2.45, 2.75) is 51.9 Å². The number of guanidine groups is 1. The summed E-state index contributed by atoms with van der Waals surface area (Å²) >= 11 is 0. The molecule has 0 atom stereocenters. The number of hydrogen-bond donors (Lipinski definition) is 4. The van der Waals surface area contributed by atoms with Crippen molar-refractivity contribution < 1.29 is 9.50 Å². The Hall–Kier alpha value is -2.08. The van der Waals surface area contributed by atoms with Gasteiger partial charge in [-0.3, -0.25) is 4.99 Å².